The van der Waals surface area contributed by atoms with Gasteiger partial charge in [0.2, 0.25) is 0 Å². The van der Waals surface area contributed by atoms with Crippen molar-refractivity contribution in [2.45, 2.75) is 52.5 Å². The molecule has 0 bridgehead atoms. The van der Waals surface area contributed by atoms with Gasteiger partial charge in [-0.1, -0.05) is 19.1 Å². The molecule has 3 rings (SSSR count). The standard InChI is InChI=1S/C15H25NO2.C8H10O2/c1-5-15(2,3)14(17)18-12-7-6-11-8-9-16(4)13(11)10-12;1-9-7-5-3-4-6-8(7)10-2/h10-11,13H,5-9H2,1-4H3;3-6H,1-2H3. The first-order chi connectivity index (χ1) is 13.3. The number of fused-ring (bicyclic) bond motifs is 1. The van der Waals surface area contributed by atoms with Gasteiger partial charge in [-0.3, -0.25) is 9.69 Å². The SMILES string of the molecule is CCC(C)(C)C(=O)OC1=CC2C(CC1)CCN2C.COc1ccccc1OC. The van der Waals surface area contributed by atoms with Crippen LogP contribution < -0.4 is 9.47 Å². The van der Waals surface area contributed by atoms with Crippen molar-refractivity contribution >= 4 is 5.97 Å². The van der Waals surface area contributed by atoms with Gasteiger partial charge in [0.25, 0.3) is 0 Å². The minimum Gasteiger partial charge on any atom is -0.493 e. The number of esters is 1. The summed E-state index contributed by atoms with van der Waals surface area (Å²) in [5, 5.41) is 0. The quantitative estimate of drug-likeness (QED) is 0.685. The van der Waals surface area contributed by atoms with Crippen LogP contribution in [0.1, 0.15) is 46.5 Å². The van der Waals surface area contributed by atoms with E-state index in [1.807, 2.05) is 45.0 Å². The zero-order valence-corrected chi connectivity index (χ0v) is 18.2. The first-order valence-electron chi connectivity index (χ1n) is 10.1. The fourth-order valence-corrected chi connectivity index (χ4v) is 3.50. The van der Waals surface area contributed by atoms with E-state index in [9.17, 15) is 4.79 Å². The summed E-state index contributed by atoms with van der Waals surface area (Å²) in [5.41, 5.74) is -0.376. The van der Waals surface area contributed by atoms with Crippen molar-refractivity contribution in [2.75, 3.05) is 27.8 Å². The van der Waals surface area contributed by atoms with Crippen LogP contribution in [0.5, 0.6) is 11.5 Å². The lowest BCUT2D eigenvalue weighted by Gasteiger charge is -2.29. The Morgan fingerprint density at radius 1 is 1.14 bits per heavy atom. The molecule has 0 saturated carbocycles. The van der Waals surface area contributed by atoms with Crippen LogP contribution in [0.2, 0.25) is 0 Å². The van der Waals surface area contributed by atoms with E-state index < -0.39 is 0 Å². The van der Waals surface area contributed by atoms with E-state index >= 15 is 0 Å². The zero-order chi connectivity index (χ0) is 20.7. The predicted octanol–water partition coefficient (Wildman–Crippen LogP) is 4.67. The number of hydrogen-bond acceptors (Lipinski definition) is 5. The Morgan fingerprint density at radius 2 is 1.75 bits per heavy atom. The average Bonchev–Trinajstić information content (AvgIpc) is 3.08. The third kappa shape index (κ3) is 5.51. The van der Waals surface area contributed by atoms with E-state index in [1.165, 1.54) is 6.42 Å². The summed E-state index contributed by atoms with van der Waals surface area (Å²) < 4.78 is 15.6. The van der Waals surface area contributed by atoms with E-state index in [-0.39, 0.29) is 11.4 Å². The molecule has 1 aliphatic carbocycles. The number of carbonyl (C=O) groups excluding carboxylic acids is 1. The van der Waals surface area contributed by atoms with E-state index in [0.29, 0.717) is 6.04 Å². The fourth-order valence-electron chi connectivity index (χ4n) is 3.50. The number of likely N-dealkylation sites (tertiary alicyclic amines) is 1. The number of methoxy groups -OCH3 is 2. The molecule has 1 heterocycles. The van der Waals surface area contributed by atoms with Gasteiger partial charge >= 0.3 is 5.97 Å². The Labute approximate surface area is 169 Å². The number of hydrogen-bond donors (Lipinski definition) is 0. The molecule has 2 unspecified atom stereocenters. The number of rotatable bonds is 5. The van der Waals surface area contributed by atoms with Gasteiger partial charge in [-0.05, 0) is 70.8 Å². The van der Waals surface area contributed by atoms with Crippen LogP contribution >= 0.6 is 0 Å². The highest BCUT2D eigenvalue weighted by atomic mass is 16.5. The van der Waals surface area contributed by atoms with E-state index in [1.54, 1.807) is 14.2 Å². The number of carbonyl (C=O) groups is 1. The van der Waals surface area contributed by atoms with Gasteiger partial charge in [0.05, 0.1) is 19.6 Å². The van der Waals surface area contributed by atoms with E-state index in [2.05, 4.69) is 18.0 Å². The van der Waals surface area contributed by atoms with Gasteiger partial charge < -0.3 is 14.2 Å². The Hall–Kier alpha value is -2.01. The number of allylic oxidation sites excluding steroid dienone is 1. The molecule has 0 amide bonds. The van der Waals surface area contributed by atoms with Gasteiger partial charge in [-0.2, -0.15) is 0 Å². The normalized spacial score (nSPS) is 21.7. The molecule has 0 radical (unpaired) electrons. The fraction of sp³-hybridized carbons (Fsp3) is 0.609. The molecule has 0 spiro atoms. The molecule has 28 heavy (non-hydrogen) atoms. The summed E-state index contributed by atoms with van der Waals surface area (Å²) in [6, 6.07) is 8.01. The molecule has 1 saturated heterocycles. The van der Waals surface area contributed by atoms with Crippen LogP contribution in [-0.2, 0) is 9.53 Å². The molecular weight excluding hydrogens is 354 g/mol. The molecule has 1 aromatic rings. The van der Waals surface area contributed by atoms with Crippen molar-refractivity contribution in [3.63, 3.8) is 0 Å². The molecule has 2 aliphatic rings. The van der Waals surface area contributed by atoms with Crippen LogP contribution in [-0.4, -0.2) is 44.7 Å². The Balaban J connectivity index is 0.000000237. The van der Waals surface area contributed by atoms with Crippen LogP contribution in [0.3, 0.4) is 0 Å². The Morgan fingerprint density at radius 3 is 2.29 bits per heavy atom. The van der Waals surface area contributed by atoms with Gasteiger partial charge in [-0.25, -0.2) is 0 Å². The van der Waals surface area contributed by atoms with Gasteiger partial charge in [0, 0.05) is 12.5 Å². The molecule has 5 heteroatoms. The molecule has 2 atom stereocenters. The third-order valence-corrected chi connectivity index (χ3v) is 5.91. The van der Waals surface area contributed by atoms with Gasteiger partial charge in [0.15, 0.2) is 11.5 Å². The van der Waals surface area contributed by atoms with Crippen molar-refractivity contribution in [1.82, 2.24) is 4.90 Å². The minimum absolute atomic E-state index is 0.0876. The van der Waals surface area contributed by atoms with Gasteiger partial charge in [0.1, 0.15) is 5.76 Å². The largest absolute Gasteiger partial charge is 0.493 e. The maximum atomic E-state index is 12.1. The van der Waals surface area contributed by atoms with Crippen molar-refractivity contribution in [1.29, 1.82) is 0 Å². The van der Waals surface area contributed by atoms with Crippen molar-refractivity contribution in [2.24, 2.45) is 11.3 Å². The molecule has 0 N–H and O–H groups in total. The maximum Gasteiger partial charge on any atom is 0.316 e. The molecule has 1 aliphatic heterocycles. The smallest absolute Gasteiger partial charge is 0.316 e. The van der Waals surface area contributed by atoms with Crippen LogP contribution in [0.15, 0.2) is 36.1 Å². The maximum absolute atomic E-state index is 12.1. The van der Waals surface area contributed by atoms with Crippen LogP contribution in [0.25, 0.3) is 0 Å². The Kier molecular flexibility index (Phi) is 7.93. The summed E-state index contributed by atoms with van der Waals surface area (Å²) in [7, 11) is 5.40. The summed E-state index contributed by atoms with van der Waals surface area (Å²) in [4.78, 5) is 14.4. The lowest BCUT2D eigenvalue weighted by molar-refractivity contribution is -0.150. The van der Waals surface area contributed by atoms with Crippen molar-refractivity contribution in [3.8, 4) is 11.5 Å². The lowest BCUT2D eigenvalue weighted by atomic mass is 9.88. The molecule has 1 aromatic carbocycles. The number of nitrogens with zero attached hydrogens (tertiary/aromatic N) is 1. The monoisotopic (exact) mass is 389 g/mol. The van der Waals surface area contributed by atoms with Crippen LogP contribution in [0, 0.1) is 11.3 Å². The van der Waals surface area contributed by atoms with E-state index in [4.69, 9.17) is 14.2 Å². The van der Waals surface area contributed by atoms with Crippen molar-refractivity contribution in [3.05, 3.63) is 36.1 Å². The van der Waals surface area contributed by atoms with Gasteiger partial charge in [-0.15, -0.1) is 0 Å². The highest BCUT2D eigenvalue weighted by Crippen LogP contribution is 2.35. The zero-order valence-electron chi connectivity index (χ0n) is 18.2. The summed E-state index contributed by atoms with van der Waals surface area (Å²) >= 11 is 0. The third-order valence-electron chi connectivity index (χ3n) is 5.91. The molecule has 5 nitrogen and oxygen atoms in total. The second kappa shape index (κ2) is 9.97. The van der Waals surface area contributed by atoms with E-state index in [0.717, 1.165) is 49.0 Å². The highest BCUT2D eigenvalue weighted by molar-refractivity contribution is 5.76. The molecule has 156 valence electrons. The number of likely N-dealkylation sites (N-methyl/N-ethyl adjacent to an activating group) is 1. The molecular formula is C23H35NO4. The Bertz CT molecular complexity index is 660. The number of para-hydroxylation sites is 2. The number of ether oxygens (including phenoxy) is 3. The minimum atomic E-state index is -0.376. The molecule has 1 fully saturated rings. The summed E-state index contributed by atoms with van der Waals surface area (Å²) in [5.74, 6) is 3.10. The first-order valence-corrected chi connectivity index (χ1v) is 10.1. The first kappa shape index (κ1) is 22.3. The predicted molar refractivity (Wildman–Crippen MR) is 112 cm³/mol. The van der Waals surface area contributed by atoms with Crippen LogP contribution in [0.4, 0.5) is 0 Å². The second-order valence-corrected chi connectivity index (χ2v) is 8.17. The summed E-state index contributed by atoms with van der Waals surface area (Å²) in [6.45, 7) is 7.08. The summed E-state index contributed by atoms with van der Waals surface area (Å²) in [6.07, 6.45) is 6.33. The lowest BCUT2D eigenvalue weighted by Crippen LogP contribution is -2.32. The topological polar surface area (TPSA) is 48.0 Å². The number of benzene rings is 1. The second-order valence-electron chi connectivity index (χ2n) is 8.17. The average molecular weight is 390 g/mol. The molecule has 0 aromatic heterocycles. The van der Waals surface area contributed by atoms with Crippen molar-refractivity contribution < 1.29 is 19.0 Å². The highest BCUT2D eigenvalue weighted by Gasteiger charge is 2.35.